The molecule has 1 aliphatic rings. The molecule has 0 bridgehead atoms. The summed E-state index contributed by atoms with van der Waals surface area (Å²) in [6.07, 6.45) is 3.86. The van der Waals surface area contributed by atoms with E-state index in [1.54, 1.807) is 18.2 Å². The van der Waals surface area contributed by atoms with Crippen LogP contribution in [0.2, 0.25) is 0 Å². The molecule has 0 heterocycles. The molecular formula is C14H18O4P+. The summed E-state index contributed by atoms with van der Waals surface area (Å²) in [7, 11) is 1.08. The van der Waals surface area contributed by atoms with Crippen molar-refractivity contribution in [2.75, 3.05) is 14.2 Å². The Labute approximate surface area is 113 Å². The van der Waals surface area contributed by atoms with Crippen LogP contribution in [0, 0.1) is 0 Å². The molecule has 1 saturated carbocycles. The van der Waals surface area contributed by atoms with E-state index in [0.29, 0.717) is 17.1 Å². The third-order valence-electron chi connectivity index (χ3n) is 3.50. The van der Waals surface area contributed by atoms with E-state index in [9.17, 15) is 9.36 Å². The van der Waals surface area contributed by atoms with Gasteiger partial charge in [-0.2, -0.15) is 0 Å². The first kappa shape index (κ1) is 14.0. The van der Waals surface area contributed by atoms with Crippen LogP contribution in [0.25, 0.3) is 0 Å². The second-order valence-electron chi connectivity index (χ2n) is 4.61. The van der Waals surface area contributed by atoms with Crippen molar-refractivity contribution in [3.63, 3.8) is 0 Å². The molecule has 0 N–H and O–H groups in total. The first-order chi connectivity index (χ1) is 9.19. The molecule has 1 aliphatic carbocycles. The molecule has 102 valence electrons. The number of carbonyl (C=O) groups excluding carboxylic acids is 1. The standard InChI is InChI=1S/C14H18O4P/c1-17-11-8-5-9-12(18-2)13(11)14(15)19(16)10-6-3-4-7-10/h5,8-10H,3-4,6-7H2,1-2H3/q+1. The van der Waals surface area contributed by atoms with Gasteiger partial charge in [0.1, 0.15) is 11.5 Å². The maximum Gasteiger partial charge on any atom is 0.423 e. The Morgan fingerprint density at radius 1 is 1.16 bits per heavy atom. The Balaban J connectivity index is 2.34. The Kier molecular flexibility index (Phi) is 4.54. The lowest BCUT2D eigenvalue weighted by molar-refractivity contribution is 0.107. The third-order valence-corrected chi connectivity index (χ3v) is 5.30. The monoisotopic (exact) mass is 281 g/mol. The second kappa shape index (κ2) is 6.16. The molecule has 0 amide bonds. The molecule has 2 rings (SSSR count). The maximum atomic E-state index is 12.4. The summed E-state index contributed by atoms with van der Waals surface area (Å²) in [5, 5.41) is 0. The summed E-state index contributed by atoms with van der Waals surface area (Å²) < 4.78 is 22.8. The number of benzene rings is 1. The Morgan fingerprint density at radius 2 is 1.68 bits per heavy atom. The van der Waals surface area contributed by atoms with Gasteiger partial charge in [0.05, 0.1) is 14.2 Å². The zero-order valence-corrected chi connectivity index (χ0v) is 12.1. The Morgan fingerprint density at radius 3 is 2.16 bits per heavy atom. The van der Waals surface area contributed by atoms with Gasteiger partial charge in [0.2, 0.25) is 0 Å². The number of carbonyl (C=O) groups is 1. The van der Waals surface area contributed by atoms with E-state index in [1.807, 2.05) is 0 Å². The first-order valence-electron chi connectivity index (χ1n) is 6.40. The van der Waals surface area contributed by atoms with Crippen LogP contribution in [0.4, 0.5) is 0 Å². The van der Waals surface area contributed by atoms with Gasteiger partial charge in [-0.15, -0.1) is 0 Å². The van der Waals surface area contributed by atoms with E-state index >= 15 is 0 Å². The van der Waals surface area contributed by atoms with Crippen LogP contribution in [0.3, 0.4) is 0 Å². The van der Waals surface area contributed by atoms with Crippen molar-refractivity contribution >= 4 is 13.3 Å². The fourth-order valence-electron chi connectivity index (χ4n) is 2.48. The van der Waals surface area contributed by atoms with Gasteiger partial charge in [0.25, 0.3) is 0 Å². The molecule has 0 aliphatic heterocycles. The second-order valence-corrected chi connectivity index (χ2v) is 6.39. The van der Waals surface area contributed by atoms with Gasteiger partial charge in [-0.05, 0) is 37.8 Å². The zero-order chi connectivity index (χ0) is 13.8. The first-order valence-corrected chi connectivity index (χ1v) is 7.73. The predicted molar refractivity (Wildman–Crippen MR) is 73.7 cm³/mol. The van der Waals surface area contributed by atoms with E-state index in [2.05, 4.69) is 0 Å². The fraction of sp³-hybridized carbons (Fsp3) is 0.500. The van der Waals surface area contributed by atoms with E-state index in [1.165, 1.54) is 14.2 Å². The predicted octanol–water partition coefficient (Wildman–Crippen LogP) is 3.61. The molecule has 1 unspecified atom stereocenters. The van der Waals surface area contributed by atoms with Gasteiger partial charge in [0.15, 0.2) is 11.2 Å². The average Bonchev–Trinajstić information content (AvgIpc) is 2.98. The van der Waals surface area contributed by atoms with Gasteiger partial charge in [0, 0.05) is 0 Å². The smallest absolute Gasteiger partial charge is 0.423 e. The van der Waals surface area contributed by atoms with Crippen LogP contribution >= 0.6 is 7.80 Å². The zero-order valence-electron chi connectivity index (χ0n) is 11.2. The van der Waals surface area contributed by atoms with Gasteiger partial charge in [-0.3, -0.25) is 0 Å². The quantitative estimate of drug-likeness (QED) is 0.773. The summed E-state index contributed by atoms with van der Waals surface area (Å²) in [5.74, 6) is 0.844. The SMILES string of the molecule is COc1cccc(OC)c1C(=O)[P+](=O)C1CCCC1. The molecule has 0 spiro atoms. The summed E-state index contributed by atoms with van der Waals surface area (Å²) in [6, 6.07) is 5.12. The summed E-state index contributed by atoms with van der Waals surface area (Å²) in [4.78, 5) is 12.4. The normalized spacial score (nSPS) is 16.2. The highest BCUT2D eigenvalue weighted by molar-refractivity contribution is 7.65. The van der Waals surface area contributed by atoms with E-state index < -0.39 is 7.80 Å². The minimum atomic E-state index is -1.91. The van der Waals surface area contributed by atoms with Crippen molar-refractivity contribution in [2.24, 2.45) is 0 Å². The van der Waals surface area contributed by atoms with Crippen molar-refractivity contribution in [1.82, 2.24) is 0 Å². The van der Waals surface area contributed by atoms with Crippen LogP contribution in [-0.2, 0) is 4.57 Å². The molecule has 1 fully saturated rings. The average molecular weight is 281 g/mol. The minimum Gasteiger partial charge on any atom is -0.496 e. The highest BCUT2D eigenvalue weighted by Gasteiger charge is 2.43. The van der Waals surface area contributed by atoms with Crippen LogP contribution in [0.15, 0.2) is 18.2 Å². The van der Waals surface area contributed by atoms with Crippen LogP contribution in [-0.4, -0.2) is 25.4 Å². The largest absolute Gasteiger partial charge is 0.496 e. The van der Waals surface area contributed by atoms with Crippen molar-refractivity contribution in [3.05, 3.63) is 23.8 Å². The van der Waals surface area contributed by atoms with Gasteiger partial charge < -0.3 is 9.47 Å². The number of rotatable bonds is 5. The Hall–Kier alpha value is -1.41. The lowest BCUT2D eigenvalue weighted by atomic mass is 10.2. The topological polar surface area (TPSA) is 52.6 Å². The van der Waals surface area contributed by atoms with E-state index in [4.69, 9.17) is 9.47 Å². The molecule has 5 heteroatoms. The highest BCUT2D eigenvalue weighted by atomic mass is 31.1. The lowest BCUT2D eigenvalue weighted by Crippen LogP contribution is -2.06. The highest BCUT2D eigenvalue weighted by Crippen LogP contribution is 2.45. The van der Waals surface area contributed by atoms with Crippen LogP contribution in [0.1, 0.15) is 36.0 Å². The number of methoxy groups -OCH3 is 2. The summed E-state index contributed by atoms with van der Waals surface area (Å²) in [6.45, 7) is 0. The molecule has 4 nitrogen and oxygen atoms in total. The third kappa shape index (κ3) is 2.79. The van der Waals surface area contributed by atoms with Crippen molar-refractivity contribution < 1.29 is 18.8 Å². The minimum absolute atomic E-state index is 0.0112. The molecule has 0 aromatic heterocycles. The molecule has 19 heavy (non-hydrogen) atoms. The fourth-order valence-corrected chi connectivity index (χ4v) is 4.08. The molecule has 0 saturated heterocycles. The van der Waals surface area contributed by atoms with Crippen LogP contribution in [0.5, 0.6) is 11.5 Å². The van der Waals surface area contributed by atoms with Gasteiger partial charge in [-0.25, -0.2) is 4.79 Å². The summed E-state index contributed by atoms with van der Waals surface area (Å²) in [5.41, 5.74) is -0.0335. The van der Waals surface area contributed by atoms with Gasteiger partial charge in [-0.1, -0.05) is 10.6 Å². The molecule has 1 aromatic carbocycles. The molecule has 1 atom stereocenters. The molecule has 1 aromatic rings. The van der Waals surface area contributed by atoms with Crippen molar-refractivity contribution in [1.29, 1.82) is 0 Å². The van der Waals surface area contributed by atoms with Gasteiger partial charge >= 0.3 is 13.3 Å². The Bertz CT molecular complexity index is 470. The van der Waals surface area contributed by atoms with E-state index in [-0.39, 0.29) is 11.2 Å². The number of hydrogen-bond donors (Lipinski definition) is 0. The van der Waals surface area contributed by atoms with Crippen LogP contribution < -0.4 is 9.47 Å². The maximum absolute atomic E-state index is 12.4. The molecular weight excluding hydrogens is 263 g/mol. The summed E-state index contributed by atoms with van der Waals surface area (Å²) >= 11 is 0. The number of hydrogen-bond acceptors (Lipinski definition) is 4. The van der Waals surface area contributed by atoms with E-state index in [0.717, 1.165) is 25.7 Å². The number of ether oxygens (including phenoxy) is 2. The molecule has 0 radical (unpaired) electrons. The lowest BCUT2D eigenvalue weighted by Gasteiger charge is -2.08. The van der Waals surface area contributed by atoms with Crippen molar-refractivity contribution in [2.45, 2.75) is 31.3 Å². The van der Waals surface area contributed by atoms with Crippen molar-refractivity contribution in [3.8, 4) is 11.5 Å².